The summed E-state index contributed by atoms with van der Waals surface area (Å²) in [6.45, 7) is 3.98. The summed E-state index contributed by atoms with van der Waals surface area (Å²) in [7, 11) is 1.64. The highest BCUT2D eigenvalue weighted by molar-refractivity contribution is 7.19. The first-order chi connectivity index (χ1) is 8.15. The van der Waals surface area contributed by atoms with Crippen LogP contribution in [0.25, 0.3) is 10.8 Å². The molecule has 5 nitrogen and oxygen atoms in total. The maximum Gasteiger partial charge on any atom is 0.268 e. The van der Waals surface area contributed by atoms with Gasteiger partial charge in [-0.2, -0.15) is 4.98 Å². The van der Waals surface area contributed by atoms with E-state index in [0.29, 0.717) is 11.7 Å². The average molecular weight is 253 g/mol. The van der Waals surface area contributed by atoms with E-state index in [-0.39, 0.29) is 6.10 Å². The second-order valence-corrected chi connectivity index (χ2v) is 4.84. The van der Waals surface area contributed by atoms with E-state index in [4.69, 9.17) is 15.0 Å². The molecule has 17 heavy (non-hydrogen) atoms. The highest BCUT2D eigenvalue weighted by Crippen LogP contribution is 2.33. The molecular formula is C11H15N3O2S. The number of methoxy groups -OCH3 is 1. The molecule has 0 aliphatic heterocycles. The lowest BCUT2D eigenvalue weighted by Crippen LogP contribution is -2.01. The van der Waals surface area contributed by atoms with E-state index in [1.165, 1.54) is 11.3 Å². The molecular weight excluding hydrogens is 238 g/mol. The molecule has 0 aliphatic carbocycles. The molecule has 2 N–H and O–H groups in total. The molecule has 0 saturated heterocycles. The Morgan fingerprint density at radius 1 is 1.59 bits per heavy atom. The normalized spacial score (nSPS) is 12.9. The van der Waals surface area contributed by atoms with Gasteiger partial charge in [0.2, 0.25) is 5.82 Å². The number of thiophene rings is 1. The van der Waals surface area contributed by atoms with Crippen molar-refractivity contribution in [3.8, 4) is 10.8 Å². The predicted molar refractivity (Wildman–Crippen MR) is 66.8 cm³/mol. The van der Waals surface area contributed by atoms with Gasteiger partial charge in [-0.25, -0.2) is 0 Å². The highest BCUT2D eigenvalue weighted by Gasteiger charge is 2.19. The number of aromatic nitrogens is 2. The van der Waals surface area contributed by atoms with Gasteiger partial charge in [-0.3, -0.25) is 0 Å². The maximum atomic E-state index is 5.74. The van der Waals surface area contributed by atoms with Crippen molar-refractivity contribution in [2.24, 2.45) is 0 Å². The second kappa shape index (κ2) is 4.85. The molecule has 0 bridgehead atoms. The third-order valence-corrected chi connectivity index (χ3v) is 3.57. The van der Waals surface area contributed by atoms with Crippen LogP contribution in [0, 0.1) is 6.92 Å². The minimum atomic E-state index is -0.120. The van der Waals surface area contributed by atoms with Crippen molar-refractivity contribution in [2.45, 2.75) is 26.4 Å². The number of nitrogen functional groups attached to an aromatic ring is 1. The molecule has 92 valence electrons. The van der Waals surface area contributed by atoms with Crippen LogP contribution in [-0.2, 0) is 4.74 Å². The van der Waals surface area contributed by atoms with Gasteiger partial charge in [0.1, 0.15) is 6.10 Å². The van der Waals surface area contributed by atoms with Crippen LogP contribution in [0.15, 0.2) is 10.6 Å². The molecule has 0 saturated carbocycles. The summed E-state index contributed by atoms with van der Waals surface area (Å²) in [5.41, 5.74) is 6.79. The summed E-state index contributed by atoms with van der Waals surface area (Å²) < 4.78 is 10.5. The Labute approximate surface area is 104 Å². The Bertz CT molecular complexity index is 503. The molecule has 2 aromatic rings. The van der Waals surface area contributed by atoms with E-state index in [1.807, 2.05) is 19.9 Å². The third kappa shape index (κ3) is 2.32. The second-order valence-electron chi connectivity index (χ2n) is 3.75. The number of hydrogen-bond donors (Lipinski definition) is 1. The minimum absolute atomic E-state index is 0.120. The summed E-state index contributed by atoms with van der Waals surface area (Å²) in [5.74, 6) is 1.09. The zero-order chi connectivity index (χ0) is 12.4. The van der Waals surface area contributed by atoms with Crippen molar-refractivity contribution in [3.63, 3.8) is 0 Å². The van der Waals surface area contributed by atoms with Crippen molar-refractivity contribution in [2.75, 3.05) is 12.8 Å². The Kier molecular flexibility index (Phi) is 3.44. The molecule has 2 rings (SSSR count). The summed E-state index contributed by atoms with van der Waals surface area (Å²) in [6, 6.07) is 1.90. The van der Waals surface area contributed by atoms with Crippen LogP contribution in [-0.4, -0.2) is 17.3 Å². The van der Waals surface area contributed by atoms with Crippen molar-refractivity contribution in [1.82, 2.24) is 10.1 Å². The number of rotatable bonds is 4. The van der Waals surface area contributed by atoms with Crippen LogP contribution in [0.5, 0.6) is 0 Å². The van der Waals surface area contributed by atoms with Crippen LogP contribution in [0.2, 0.25) is 0 Å². The van der Waals surface area contributed by atoms with Gasteiger partial charge in [-0.15, -0.1) is 11.3 Å². The van der Waals surface area contributed by atoms with E-state index < -0.39 is 0 Å². The first-order valence-corrected chi connectivity index (χ1v) is 6.20. The number of ether oxygens (including phenoxy) is 1. The lowest BCUT2D eigenvalue weighted by Gasteiger charge is -2.05. The molecule has 0 amide bonds. The van der Waals surface area contributed by atoms with Crippen molar-refractivity contribution < 1.29 is 9.26 Å². The largest absolute Gasteiger partial charge is 0.391 e. The van der Waals surface area contributed by atoms with Gasteiger partial charge in [-0.05, 0) is 25.0 Å². The molecule has 0 spiro atoms. The lowest BCUT2D eigenvalue weighted by molar-refractivity contribution is 0.0903. The fraction of sp³-hybridized carbons (Fsp3) is 0.455. The van der Waals surface area contributed by atoms with Gasteiger partial charge in [0.05, 0.1) is 9.88 Å². The molecule has 0 radical (unpaired) electrons. The summed E-state index contributed by atoms with van der Waals surface area (Å²) >= 11 is 1.45. The average Bonchev–Trinajstić information content (AvgIpc) is 2.87. The topological polar surface area (TPSA) is 74.2 Å². The van der Waals surface area contributed by atoms with Crippen LogP contribution >= 0.6 is 11.3 Å². The smallest absolute Gasteiger partial charge is 0.268 e. The maximum absolute atomic E-state index is 5.74. The molecule has 6 heteroatoms. The fourth-order valence-electron chi connectivity index (χ4n) is 1.63. The van der Waals surface area contributed by atoms with Gasteiger partial charge < -0.3 is 15.0 Å². The molecule has 0 aromatic carbocycles. The Balaban J connectivity index is 2.32. The number of nitrogens with zero attached hydrogens (tertiary/aromatic N) is 2. The monoisotopic (exact) mass is 253 g/mol. The van der Waals surface area contributed by atoms with Gasteiger partial charge >= 0.3 is 0 Å². The molecule has 2 aromatic heterocycles. The van der Waals surface area contributed by atoms with Crippen LogP contribution < -0.4 is 5.73 Å². The minimum Gasteiger partial charge on any atom is -0.391 e. The van der Waals surface area contributed by atoms with Crippen LogP contribution in [0.3, 0.4) is 0 Å². The van der Waals surface area contributed by atoms with E-state index in [9.17, 15) is 0 Å². The lowest BCUT2D eigenvalue weighted by atomic mass is 10.2. The quantitative estimate of drug-likeness (QED) is 0.906. The van der Waals surface area contributed by atoms with Crippen molar-refractivity contribution in [3.05, 3.63) is 17.5 Å². The molecule has 0 aliphatic rings. The molecule has 1 atom stereocenters. The standard InChI is InChI=1S/C11H15N3O2S/c1-4-7(15-3)10-13-11(16-14-10)9-6(2)5-8(12)17-9/h5,7H,4,12H2,1-3H3. The Hall–Kier alpha value is -1.40. The van der Waals surface area contributed by atoms with E-state index in [0.717, 1.165) is 21.9 Å². The summed E-state index contributed by atoms with van der Waals surface area (Å²) in [4.78, 5) is 5.27. The number of aryl methyl sites for hydroxylation is 1. The zero-order valence-corrected chi connectivity index (χ0v) is 10.9. The van der Waals surface area contributed by atoms with E-state index in [1.54, 1.807) is 7.11 Å². The van der Waals surface area contributed by atoms with Gasteiger partial charge in [-0.1, -0.05) is 12.1 Å². The summed E-state index contributed by atoms with van der Waals surface area (Å²) in [6.07, 6.45) is 0.686. The first-order valence-electron chi connectivity index (χ1n) is 5.38. The summed E-state index contributed by atoms with van der Waals surface area (Å²) in [5, 5.41) is 4.69. The SMILES string of the molecule is CCC(OC)c1noc(-c2sc(N)cc2C)n1. The van der Waals surface area contributed by atoms with E-state index >= 15 is 0 Å². The third-order valence-electron chi connectivity index (χ3n) is 2.52. The highest BCUT2D eigenvalue weighted by atomic mass is 32.1. The van der Waals surface area contributed by atoms with Crippen molar-refractivity contribution >= 4 is 16.3 Å². The van der Waals surface area contributed by atoms with Crippen molar-refractivity contribution in [1.29, 1.82) is 0 Å². The zero-order valence-electron chi connectivity index (χ0n) is 10.1. The molecule has 2 heterocycles. The Morgan fingerprint density at radius 2 is 2.35 bits per heavy atom. The van der Waals surface area contributed by atoms with Crippen LogP contribution in [0.4, 0.5) is 5.00 Å². The van der Waals surface area contributed by atoms with Gasteiger partial charge in [0, 0.05) is 7.11 Å². The first kappa shape index (κ1) is 12.1. The Morgan fingerprint density at radius 3 is 2.88 bits per heavy atom. The van der Waals surface area contributed by atoms with Crippen LogP contribution in [0.1, 0.15) is 30.8 Å². The number of anilines is 1. The molecule has 0 fully saturated rings. The predicted octanol–water partition coefficient (Wildman–Crippen LogP) is 2.79. The number of nitrogens with two attached hydrogens (primary N) is 1. The van der Waals surface area contributed by atoms with Gasteiger partial charge in [0.25, 0.3) is 5.89 Å². The number of hydrogen-bond acceptors (Lipinski definition) is 6. The van der Waals surface area contributed by atoms with E-state index in [2.05, 4.69) is 10.1 Å². The van der Waals surface area contributed by atoms with Gasteiger partial charge in [0.15, 0.2) is 0 Å². The molecule has 1 unspecified atom stereocenters. The fourth-order valence-corrected chi connectivity index (χ4v) is 2.49.